The minimum atomic E-state index is -1.04. The maximum absolute atomic E-state index is 12.4. The van der Waals surface area contributed by atoms with Gasteiger partial charge in [0.25, 0.3) is 0 Å². The van der Waals surface area contributed by atoms with Crippen molar-refractivity contribution in [1.29, 1.82) is 0 Å². The maximum atomic E-state index is 12.4. The van der Waals surface area contributed by atoms with E-state index in [0.29, 0.717) is 19.1 Å². The van der Waals surface area contributed by atoms with Gasteiger partial charge in [-0.05, 0) is 32.9 Å². The fraction of sp³-hybridized carbons (Fsp3) is 0.812. The molecule has 7 nitrogen and oxygen atoms in total. The fourth-order valence-corrected chi connectivity index (χ4v) is 3.53. The lowest BCUT2D eigenvalue weighted by atomic mass is 10.1. The normalized spacial score (nSPS) is 26.6. The first-order valence-electron chi connectivity index (χ1n) is 8.36. The van der Waals surface area contributed by atoms with Gasteiger partial charge in [-0.1, -0.05) is 6.92 Å². The SMILES string of the molecule is CCN1CCC[C@@H]1CN1C[C@@H](C(=O)N(C)[C@H](C)C(=O)O)CC1=O. The molecule has 23 heavy (non-hydrogen) atoms. The first-order chi connectivity index (χ1) is 10.8. The molecule has 2 saturated heterocycles. The second-order valence-electron chi connectivity index (χ2n) is 6.59. The molecule has 0 aromatic rings. The molecule has 0 saturated carbocycles. The fourth-order valence-electron chi connectivity index (χ4n) is 3.53. The van der Waals surface area contributed by atoms with Crippen molar-refractivity contribution in [3.8, 4) is 0 Å². The molecule has 0 unspecified atom stereocenters. The Morgan fingerprint density at radius 2 is 2.13 bits per heavy atom. The number of aliphatic carboxylic acids is 1. The van der Waals surface area contributed by atoms with Crippen molar-refractivity contribution in [2.24, 2.45) is 5.92 Å². The van der Waals surface area contributed by atoms with Gasteiger partial charge in [-0.25, -0.2) is 4.79 Å². The van der Waals surface area contributed by atoms with Gasteiger partial charge in [0.2, 0.25) is 11.8 Å². The topological polar surface area (TPSA) is 81.2 Å². The number of carboxylic acid groups (broad SMARTS) is 1. The number of rotatable bonds is 6. The van der Waals surface area contributed by atoms with E-state index in [1.807, 2.05) is 0 Å². The molecule has 0 radical (unpaired) electrons. The van der Waals surface area contributed by atoms with E-state index in [2.05, 4.69) is 11.8 Å². The van der Waals surface area contributed by atoms with Crippen LogP contribution in [0.15, 0.2) is 0 Å². The van der Waals surface area contributed by atoms with E-state index >= 15 is 0 Å². The van der Waals surface area contributed by atoms with Crippen LogP contribution in [0.5, 0.6) is 0 Å². The largest absolute Gasteiger partial charge is 0.480 e. The van der Waals surface area contributed by atoms with Crippen molar-refractivity contribution < 1.29 is 19.5 Å². The summed E-state index contributed by atoms with van der Waals surface area (Å²) in [5.41, 5.74) is 0. The Labute approximate surface area is 137 Å². The van der Waals surface area contributed by atoms with Crippen molar-refractivity contribution in [3.05, 3.63) is 0 Å². The van der Waals surface area contributed by atoms with E-state index in [9.17, 15) is 14.4 Å². The van der Waals surface area contributed by atoms with Gasteiger partial charge in [0.15, 0.2) is 0 Å². The number of hydrogen-bond acceptors (Lipinski definition) is 4. The van der Waals surface area contributed by atoms with E-state index in [1.165, 1.54) is 18.9 Å². The highest BCUT2D eigenvalue weighted by Gasteiger charge is 2.39. The van der Waals surface area contributed by atoms with Crippen LogP contribution in [0, 0.1) is 5.92 Å². The second-order valence-corrected chi connectivity index (χ2v) is 6.59. The Bertz CT molecular complexity index is 482. The number of likely N-dealkylation sites (tertiary alicyclic amines) is 2. The molecule has 7 heteroatoms. The van der Waals surface area contributed by atoms with Crippen molar-refractivity contribution in [2.75, 3.05) is 33.2 Å². The van der Waals surface area contributed by atoms with Crippen molar-refractivity contribution in [2.45, 2.75) is 45.2 Å². The lowest BCUT2D eigenvalue weighted by molar-refractivity contribution is -0.149. The summed E-state index contributed by atoms with van der Waals surface area (Å²) in [7, 11) is 1.49. The van der Waals surface area contributed by atoms with Crippen LogP contribution in [0.4, 0.5) is 0 Å². The molecule has 0 aromatic carbocycles. The summed E-state index contributed by atoms with van der Waals surface area (Å²) < 4.78 is 0. The number of nitrogens with zero attached hydrogens (tertiary/aromatic N) is 3. The number of amides is 2. The van der Waals surface area contributed by atoms with Gasteiger partial charge < -0.3 is 14.9 Å². The van der Waals surface area contributed by atoms with Gasteiger partial charge in [-0.3, -0.25) is 14.5 Å². The maximum Gasteiger partial charge on any atom is 0.326 e. The predicted molar refractivity (Wildman–Crippen MR) is 84.8 cm³/mol. The molecule has 2 fully saturated rings. The first kappa shape index (κ1) is 17.7. The van der Waals surface area contributed by atoms with Crippen LogP contribution in [-0.4, -0.2) is 82.9 Å². The van der Waals surface area contributed by atoms with Crippen LogP contribution in [0.1, 0.15) is 33.1 Å². The van der Waals surface area contributed by atoms with E-state index in [1.54, 1.807) is 4.90 Å². The van der Waals surface area contributed by atoms with E-state index < -0.39 is 17.9 Å². The third-order valence-electron chi connectivity index (χ3n) is 5.19. The van der Waals surface area contributed by atoms with Crippen LogP contribution in [0.2, 0.25) is 0 Å². The number of carboxylic acids is 1. The zero-order chi connectivity index (χ0) is 17.1. The summed E-state index contributed by atoms with van der Waals surface area (Å²) >= 11 is 0. The molecule has 0 spiro atoms. The highest BCUT2D eigenvalue weighted by atomic mass is 16.4. The van der Waals surface area contributed by atoms with Gasteiger partial charge >= 0.3 is 5.97 Å². The van der Waals surface area contributed by atoms with Crippen LogP contribution < -0.4 is 0 Å². The monoisotopic (exact) mass is 325 g/mol. The third-order valence-corrected chi connectivity index (χ3v) is 5.19. The van der Waals surface area contributed by atoms with Crippen LogP contribution >= 0.6 is 0 Å². The average Bonchev–Trinajstić information content (AvgIpc) is 3.12. The molecule has 0 bridgehead atoms. The highest BCUT2D eigenvalue weighted by molar-refractivity contribution is 5.91. The second kappa shape index (κ2) is 7.29. The first-order valence-corrected chi connectivity index (χ1v) is 8.36. The van der Waals surface area contributed by atoms with Crippen LogP contribution in [-0.2, 0) is 14.4 Å². The molecule has 2 heterocycles. The molecule has 0 aliphatic carbocycles. The van der Waals surface area contributed by atoms with Gasteiger partial charge in [-0.2, -0.15) is 0 Å². The van der Waals surface area contributed by atoms with Crippen LogP contribution in [0.25, 0.3) is 0 Å². The Morgan fingerprint density at radius 1 is 1.43 bits per heavy atom. The third kappa shape index (κ3) is 3.83. The zero-order valence-electron chi connectivity index (χ0n) is 14.2. The molecule has 1 N–H and O–H groups in total. The summed E-state index contributed by atoms with van der Waals surface area (Å²) in [5.74, 6) is -1.71. The van der Waals surface area contributed by atoms with Gasteiger partial charge in [0.05, 0.1) is 5.92 Å². The van der Waals surface area contributed by atoms with Crippen LogP contribution in [0.3, 0.4) is 0 Å². The van der Waals surface area contributed by atoms with E-state index in [4.69, 9.17) is 5.11 Å². The molecule has 0 aromatic heterocycles. The minimum absolute atomic E-state index is 0.00248. The van der Waals surface area contributed by atoms with E-state index in [0.717, 1.165) is 25.9 Å². The van der Waals surface area contributed by atoms with Gasteiger partial charge in [-0.15, -0.1) is 0 Å². The molecule has 2 aliphatic heterocycles. The number of carbonyl (C=O) groups excluding carboxylic acids is 2. The van der Waals surface area contributed by atoms with Crippen molar-refractivity contribution in [1.82, 2.24) is 14.7 Å². The number of hydrogen-bond donors (Lipinski definition) is 1. The highest BCUT2D eigenvalue weighted by Crippen LogP contribution is 2.24. The smallest absolute Gasteiger partial charge is 0.326 e. The van der Waals surface area contributed by atoms with Crippen molar-refractivity contribution >= 4 is 17.8 Å². The summed E-state index contributed by atoms with van der Waals surface area (Å²) in [6, 6.07) is -0.495. The predicted octanol–water partition coefficient (Wildman–Crippen LogP) is 0.251. The molecule has 2 aliphatic rings. The molecular formula is C16H27N3O4. The van der Waals surface area contributed by atoms with Gasteiger partial charge in [0, 0.05) is 32.6 Å². The number of likely N-dealkylation sites (N-methyl/N-ethyl adjacent to an activating group) is 2. The average molecular weight is 325 g/mol. The summed E-state index contributed by atoms with van der Waals surface area (Å²) in [6.45, 7) is 6.74. The molecule has 2 amide bonds. The minimum Gasteiger partial charge on any atom is -0.480 e. The lowest BCUT2D eigenvalue weighted by Gasteiger charge is -2.28. The summed E-state index contributed by atoms with van der Waals surface area (Å²) in [5, 5.41) is 9.02. The van der Waals surface area contributed by atoms with Crippen molar-refractivity contribution in [3.63, 3.8) is 0 Å². The Balaban J connectivity index is 1.94. The Hall–Kier alpha value is -1.63. The number of carbonyl (C=O) groups is 3. The molecule has 2 rings (SSSR count). The molecule has 3 atom stereocenters. The Kier molecular flexibility index (Phi) is 5.62. The quantitative estimate of drug-likeness (QED) is 0.757. The summed E-state index contributed by atoms with van der Waals surface area (Å²) in [6.07, 6.45) is 2.43. The van der Waals surface area contributed by atoms with Gasteiger partial charge in [0.1, 0.15) is 6.04 Å². The lowest BCUT2D eigenvalue weighted by Crippen LogP contribution is -2.44. The molecular weight excluding hydrogens is 298 g/mol. The standard InChI is InChI=1S/C16H27N3O4/c1-4-18-7-5-6-13(18)10-19-9-12(8-14(19)20)15(21)17(3)11(2)16(22)23/h11-13H,4-10H2,1-3H3,(H,22,23)/t11-,12+,13-/m1/s1. The summed E-state index contributed by atoms with van der Waals surface area (Å²) in [4.78, 5) is 41.0. The Morgan fingerprint density at radius 3 is 2.74 bits per heavy atom. The zero-order valence-corrected chi connectivity index (χ0v) is 14.2. The van der Waals surface area contributed by atoms with E-state index in [-0.39, 0.29) is 18.2 Å². The molecule has 130 valence electrons.